The van der Waals surface area contributed by atoms with Crippen LogP contribution in [-0.2, 0) is 20.0 Å². The van der Waals surface area contributed by atoms with Gasteiger partial charge in [-0.2, -0.15) is 0 Å². The molecule has 0 bridgehead atoms. The number of rotatable bonds is 6. The predicted octanol–water partition coefficient (Wildman–Crippen LogP) is 3.79. The number of hydrogen-bond donors (Lipinski definition) is 0. The largest absolute Gasteiger partial charge is 0.496 e. The second-order valence-electron chi connectivity index (χ2n) is 7.57. The van der Waals surface area contributed by atoms with Gasteiger partial charge in [0.15, 0.2) is 0 Å². The monoisotopic (exact) mass is 376 g/mol. The molecule has 1 aliphatic heterocycles. The van der Waals surface area contributed by atoms with E-state index in [1.165, 1.54) is 24.1 Å². The summed E-state index contributed by atoms with van der Waals surface area (Å²) in [6.07, 6.45) is 7.08. The lowest BCUT2D eigenvalue weighted by atomic mass is 9.94. The van der Waals surface area contributed by atoms with E-state index in [-0.39, 0.29) is 0 Å². The van der Waals surface area contributed by atoms with Crippen LogP contribution >= 0.6 is 0 Å². The number of pyridine rings is 1. The van der Waals surface area contributed by atoms with Crippen LogP contribution in [0.5, 0.6) is 5.75 Å². The lowest BCUT2D eigenvalue weighted by molar-refractivity contribution is 0.192. The van der Waals surface area contributed by atoms with Crippen LogP contribution in [0.25, 0.3) is 0 Å². The number of benzene rings is 1. The van der Waals surface area contributed by atoms with E-state index in [2.05, 4.69) is 51.8 Å². The zero-order valence-corrected chi connectivity index (χ0v) is 16.7. The average molecular weight is 377 g/mol. The van der Waals surface area contributed by atoms with E-state index in [9.17, 15) is 0 Å². The second kappa shape index (κ2) is 8.57. The van der Waals surface area contributed by atoms with Crippen molar-refractivity contribution in [3.05, 3.63) is 77.6 Å². The zero-order chi connectivity index (χ0) is 19.3. The molecule has 5 heteroatoms. The van der Waals surface area contributed by atoms with Gasteiger partial charge in [-0.1, -0.05) is 24.3 Å². The van der Waals surface area contributed by atoms with Crippen molar-refractivity contribution in [1.29, 1.82) is 0 Å². The fourth-order valence-corrected chi connectivity index (χ4v) is 4.06. The van der Waals surface area contributed by atoms with Crippen molar-refractivity contribution in [2.45, 2.75) is 31.7 Å². The molecule has 3 aromatic rings. The van der Waals surface area contributed by atoms with E-state index in [4.69, 9.17) is 9.72 Å². The van der Waals surface area contributed by atoms with E-state index < -0.39 is 0 Å². The van der Waals surface area contributed by atoms with Gasteiger partial charge in [0.1, 0.15) is 11.6 Å². The summed E-state index contributed by atoms with van der Waals surface area (Å²) in [4.78, 5) is 12.0. The molecular weight excluding hydrogens is 348 g/mol. The van der Waals surface area contributed by atoms with E-state index in [0.29, 0.717) is 5.92 Å². The third kappa shape index (κ3) is 4.25. The Labute approximate surface area is 167 Å². The van der Waals surface area contributed by atoms with Gasteiger partial charge in [0, 0.05) is 55.3 Å². The highest BCUT2D eigenvalue weighted by atomic mass is 16.5. The highest BCUT2D eigenvalue weighted by molar-refractivity contribution is 5.36. The summed E-state index contributed by atoms with van der Waals surface area (Å²) in [6, 6.07) is 14.6. The Morgan fingerprint density at radius 2 is 2.04 bits per heavy atom. The maximum absolute atomic E-state index is 5.50. The number of piperidine rings is 1. The molecule has 1 fully saturated rings. The van der Waals surface area contributed by atoms with Gasteiger partial charge in [0.25, 0.3) is 0 Å². The number of imidazole rings is 1. The van der Waals surface area contributed by atoms with Crippen LogP contribution in [0.2, 0.25) is 0 Å². The van der Waals surface area contributed by atoms with Gasteiger partial charge in [-0.3, -0.25) is 9.88 Å². The summed E-state index contributed by atoms with van der Waals surface area (Å²) in [5.41, 5.74) is 3.48. The molecule has 0 unspecified atom stereocenters. The second-order valence-corrected chi connectivity index (χ2v) is 7.57. The molecule has 1 atom stereocenters. The third-order valence-corrected chi connectivity index (χ3v) is 5.60. The summed E-state index contributed by atoms with van der Waals surface area (Å²) in [7, 11) is 3.79. The highest BCUT2D eigenvalue weighted by Crippen LogP contribution is 2.27. The molecule has 0 amide bonds. The summed E-state index contributed by atoms with van der Waals surface area (Å²) in [5.74, 6) is 2.53. The molecule has 146 valence electrons. The maximum atomic E-state index is 5.50. The Kier molecular flexibility index (Phi) is 5.72. The molecular formula is C23H28N4O. The van der Waals surface area contributed by atoms with Gasteiger partial charge in [0.2, 0.25) is 0 Å². The van der Waals surface area contributed by atoms with Crippen molar-refractivity contribution in [3.8, 4) is 5.75 Å². The summed E-state index contributed by atoms with van der Waals surface area (Å²) in [6.45, 7) is 3.07. The minimum atomic E-state index is 0.478. The summed E-state index contributed by atoms with van der Waals surface area (Å²) < 4.78 is 7.60. The van der Waals surface area contributed by atoms with Gasteiger partial charge in [-0.05, 0) is 37.6 Å². The smallest absolute Gasteiger partial charge is 0.122 e. The topological polar surface area (TPSA) is 43.2 Å². The fourth-order valence-electron chi connectivity index (χ4n) is 4.06. The van der Waals surface area contributed by atoms with Crippen LogP contribution in [0.4, 0.5) is 0 Å². The predicted molar refractivity (Wildman–Crippen MR) is 110 cm³/mol. The lowest BCUT2D eigenvalue weighted by Gasteiger charge is -2.32. The molecule has 2 aromatic heterocycles. The van der Waals surface area contributed by atoms with Gasteiger partial charge in [-0.25, -0.2) is 4.98 Å². The molecule has 0 spiro atoms. The van der Waals surface area contributed by atoms with Gasteiger partial charge in [0.05, 0.1) is 13.7 Å². The van der Waals surface area contributed by atoms with E-state index in [1.54, 1.807) is 7.11 Å². The summed E-state index contributed by atoms with van der Waals surface area (Å²) in [5, 5.41) is 0. The molecule has 4 rings (SSSR count). The van der Waals surface area contributed by atoms with Crippen LogP contribution in [0.1, 0.15) is 41.5 Å². The number of ether oxygens (including phenoxy) is 1. The number of hydrogen-bond acceptors (Lipinski definition) is 4. The minimum Gasteiger partial charge on any atom is -0.496 e. The fraction of sp³-hybridized carbons (Fsp3) is 0.391. The molecule has 0 saturated carbocycles. The first-order valence-electron chi connectivity index (χ1n) is 9.99. The Hall–Kier alpha value is -2.66. The van der Waals surface area contributed by atoms with Crippen LogP contribution < -0.4 is 4.74 Å². The van der Waals surface area contributed by atoms with Crippen LogP contribution in [-0.4, -0.2) is 39.6 Å². The Morgan fingerprint density at radius 1 is 1.14 bits per heavy atom. The molecule has 28 heavy (non-hydrogen) atoms. The standard InChI is InChI=1S/C23H28N4O/c1-26-14-12-24-23(26)17-27-13-6-8-19(16-27)21-10-5-9-20(25-21)15-18-7-3-4-11-22(18)28-2/h3-5,7,9-12,14,19H,6,8,13,15-17H2,1-2H3/t19-/m0/s1. The first kappa shape index (κ1) is 18.7. The Morgan fingerprint density at radius 3 is 2.86 bits per heavy atom. The Bertz CT molecular complexity index is 920. The number of aryl methyl sites for hydroxylation is 1. The molecule has 5 nitrogen and oxygen atoms in total. The van der Waals surface area contributed by atoms with E-state index in [1.807, 2.05) is 24.5 Å². The Balaban J connectivity index is 1.47. The third-order valence-electron chi connectivity index (χ3n) is 5.60. The molecule has 3 heterocycles. The van der Waals surface area contributed by atoms with Crippen LogP contribution in [0.3, 0.4) is 0 Å². The molecule has 0 N–H and O–H groups in total. The van der Waals surface area contributed by atoms with Crippen molar-refractivity contribution < 1.29 is 4.74 Å². The number of likely N-dealkylation sites (tertiary alicyclic amines) is 1. The minimum absolute atomic E-state index is 0.478. The number of nitrogens with zero attached hydrogens (tertiary/aromatic N) is 4. The van der Waals surface area contributed by atoms with Gasteiger partial charge in [-0.15, -0.1) is 0 Å². The number of aromatic nitrogens is 3. The molecule has 1 aromatic carbocycles. The van der Waals surface area contributed by atoms with E-state index in [0.717, 1.165) is 43.3 Å². The van der Waals surface area contributed by atoms with Crippen molar-refractivity contribution in [3.63, 3.8) is 0 Å². The zero-order valence-electron chi connectivity index (χ0n) is 16.7. The number of para-hydroxylation sites is 1. The van der Waals surface area contributed by atoms with Crippen LogP contribution in [0.15, 0.2) is 54.9 Å². The number of methoxy groups -OCH3 is 1. The highest BCUT2D eigenvalue weighted by Gasteiger charge is 2.23. The molecule has 1 saturated heterocycles. The van der Waals surface area contributed by atoms with Crippen molar-refractivity contribution in [1.82, 2.24) is 19.4 Å². The van der Waals surface area contributed by atoms with Gasteiger partial charge < -0.3 is 9.30 Å². The van der Waals surface area contributed by atoms with Crippen molar-refractivity contribution in [2.75, 3.05) is 20.2 Å². The van der Waals surface area contributed by atoms with Crippen molar-refractivity contribution in [2.24, 2.45) is 7.05 Å². The molecule has 0 radical (unpaired) electrons. The maximum Gasteiger partial charge on any atom is 0.122 e. The van der Waals surface area contributed by atoms with Crippen LogP contribution in [0, 0.1) is 0 Å². The SMILES string of the molecule is COc1ccccc1Cc1cccc([C@H]2CCCN(Cc3nccn3C)C2)n1. The van der Waals surface area contributed by atoms with Crippen molar-refractivity contribution >= 4 is 0 Å². The quantitative estimate of drug-likeness (QED) is 0.656. The first-order valence-corrected chi connectivity index (χ1v) is 9.99. The summed E-state index contributed by atoms with van der Waals surface area (Å²) >= 11 is 0. The average Bonchev–Trinajstić information content (AvgIpc) is 3.13. The first-order chi connectivity index (χ1) is 13.7. The molecule has 0 aliphatic carbocycles. The lowest BCUT2D eigenvalue weighted by Crippen LogP contribution is -2.35. The van der Waals surface area contributed by atoms with Gasteiger partial charge >= 0.3 is 0 Å². The normalized spacial score (nSPS) is 17.6. The molecule has 1 aliphatic rings. The van der Waals surface area contributed by atoms with E-state index >= 15 is 0 Å².